The summed E-state index contributed by atoms with van der Waals surface area (Å²) >= 11 is 5.69. The Bertz CT molecular complexity index is 486. The molecule has 0 aliphatic carbocycles. The smallest absolute Gasteiger partial charge is 0.407 e. The first kappa shape index (κ1) is 16.2. The first-order valence-corrected chi connectivity index (χ1v) is 6.53. The highest BCUT2D eigenvalue weighted by molar-refractivity contribution is 6.29. The molecule has 110 valence electrons. The first-order valence-electron chi connectivity index (χ1n) is 6.15. The molecular formula is C13H18ClN3O3. The molecule has 7 heteroatoms. The third kappa shape index (κ3) is 6.38. The van der Waals surface area contributed by atoms with Crippen molar-refractivity contribution in [3.8, 4) is 0 Å². The standard InChI is InChI=1S/C13H18ClN3O3/c1-13(2,3)20-12(19)16-8-7-15-11(18)9-5-4-6-10(14)17-9/h4-6H,7-8H2,1-3H3,(H,15,18)(H,16,19). The van der Waals surface area contributed by atoms with Crippen LogP contribution in [0.1, 0.15) is 31.3 Å². The largest absolute Gasteiger partial charge is 0.444 e. The second kappa shape index (κ2) is 7.09. The van der Waals surface area contributed by atoms with Crippen molar-refractivity contribution < 1.29 is 14.3 Å². The van der Waals surface area contributed by atoms with E-state index in [2.05, 4.69) is 15.6 Å². The number of alkyl carbamates (subject to hydrolysis) is 1. The van der Waals surface area contributed by atoms with Gasteiger partial charge in [-0.1, -0.05) is 17.7 Å². The van der Waals surface area contributed by atoms with Gasteiger partial charge in [0.25, 0.3) is 5.91 Å². The predicted octanol–water partition coefficient (Wildman–Crippen LogP) is 1.99. The Morgan fingerprint density at radius 2 is 1.90 bits per heavy atom. The van der Waals surface area contributed by atoms with E-state index in [4.69, 9.17) is 16.3 Å². The van der Waals surface area contributed by atoms with Crippen LogP contribution in [0.4, 0.5) is 4.79 Å². The van der Waals surface area contributed by atoms with Crippen molar-refractivity contribution >= 4 is 23.6 Å². The van der Waals surface area contributed by atoms with E-state index < -0.39 is 11.7 Å². The number of hydrogen-bond acceptors (Lipinski definition) is 4. The summed E-state index contributed by atoms with van der Waals surface area (Å²) in [6.07, 6.45) is -0.521. The second-order valence-electron chi connectivity index (χ2n) is 5.03. The maximum Gasteiger partial charge on any atom is 0.407 e. The maximum atomic E-state index is 11.7. The summed E-state index contributed by atoms with van der Waals surface area (Å²) in [5.41, 5.74) is -0.312. The van der Waals surface area contributed by atoms with E-state index in [1.165, 1.54) is 0 Å². The van der Waals surface area contributed by atoms with E-state index in [-0.39, 0.29) is 29.8 Å². The Labute approximate surface area is 122 Å². The van der Waals surface area contributed by atoms with Gasteiger partial charge in [-0.2, -0.15) is 0 Å². The first-order chi connectivity index (χ1) is 9.28. The van der Waals surface area contributed by atoms with Crippen LogP contribution >= 0.6 is 11.6 Å². The zero-order valence-corrected chi connectivity index (χ0v) is 12.5. The van der Waals surface area contributed by atoms with Gasteiger partial charge in [0, 0.05) is 13.1 Å². The molecule has 1 rings (SSSR count). The third-order valence-electron chi connectivity index (χ3n) is 2.03. The van der Waals surface area contributed by atoms with Gasteiger partial charge in [0.2, 0.25) is 0 Å². The molecule has 0 saturated heterocycles. The fraction of sp³-hybridized carbons (Fsp3) is 0.462. The molecule has 0 bridgehead atoms. The molecule has 0 aromatic carbocycles. The number of ether oxygens (including phenoxy) is 1. The quantitative estimate of drug-likeness (QED) is 0.658. The molecule has 0 aliphatic heterocycles. The zero-order valence-electron chi connectivity index (χ0n) is 11.7. The number of carbonyl (C=O) groups is 2. The SMILES string of the molecule is CC(C)(C)OC(=O)NCCNC(=O)c1cccc(Cl)n1. The molecule has 6 nitrogen and oxygen atoms in total. The summed E-state index contributed by atoms with van der Waals surface area (Å²) in [6.45, 7) is 5.87. The highest BCUT2D eigenvalue weighted by Crippen LogP contribution is 2.06. The molecule has 2 amide bonds. The van der Waals surface area contributed by atoms with Crippen LogP contribution in [0.5, 0.6) is 0 Å². The van der Waals surface area contributed by atoms with Crippen LogP contribution in [-0.4, -0.2) is 35.7 Å². The highest BCUT2D eigenvalue weighted by atomic mass is 35.5. The Morgan fingerprint density at radius 1 is 1.25 bits per heavy atom. The summed E-state index contributed by atoms with van der Waals surface area (Å²) in [6, 6.07) is 4.79. The summed E-state index contributed by atoms with van der Waals surface area (Å²) in [4.78, 5) is 26.9. The van der Waals surface area contributed by atoms with Crippen molar-refractivity contribution in [1.29, 1.82) is 0 Å². The van der Waals surface area contributed by atoms with Crippen molar-refractivity contribution in [2.24, 2.45) is 0 Å². The summed E-state index contributed by atoms with van der Waals surface area (Å²) < 4.78 is 5.05. The third-order valence-corrected chi connectivity index (χ3v) is 2.24. The molecule has 0 unspecified atom stereocenters. The molecule has 0 aliphatic rings. The van der Waals surface area contributed by atoms with E-state index in [9.17, 15) is 9.59 Å². The molecule has 0 saturated carbocycles. The van der Waals surface area contributed by atoms with Gasteiger partial charge in [-0.25, -0.2) is 9.78 Å². The van der Waals surface area contributed by atoms with Gasteiger partial charge in [-0.05, 0) is 32.9 Å². The Hall–Kier alpha value is -1.82. The van der Waals surface area contributed by atoms with Gasteiger partial charge in [0.1, 0.15) is 16.4 Å². The van der Waals surface area contributed by atoms with Crippen LogP contribution in [-0.2, 0) is 4.74 Å². The normalized spacial score (nSPS) is 10.8. The van der Waals surface area contributed by atoms with Crippen LogP contribution in [0.3, 0.4) is 0 Å². The van der Waals surface area contributed by atoms with Crippen molar-refractivity contribution in [2.75, 3.05) is 13.1 Å². The number of carbonyl (C=O) groups excluding carboxylic acids is 2. The van der Waals surface area contributed by atoms with Crippen molar-refractivity contribution in [3.63, 3.8) is 0 Å². The number of pyridine rings is 1. The highest BCUT2D eigenvalue weighted by Gasteiger charge is 2.15. The van der Waals surface area contributed by atoms with Crippen LogP contribution in [0.25, 0.3) is 0 Å². The molecule has 1 aromatic rings. The van der Waals surface area contributed by atoms with Gasteiger partial charge in [-0.3, -0.25) is 4.79 Å². The maximum absolute atomic E-state index is 11.7. The minimum Gasteiger partial charge on any atom is -0.444 e. The summed E-state index contributed by atoms with van der Waals surface area (Å²) in [5.74, 6) is -0.349. The lowest BCUT2D eigenvalue weighted by Crippen LogP contribution is -2.38. The number of nitrogens with zero attached hydrogens (tertiary/aromatic N) is 1. The molecule has 0 fully saturated rings. The number of amides is 2. The monoisotopic (exact) mass is 299 g/mol. The lowest BCUT2D eigenvalue weighted by Gasteiger charge is -2.19. The van der Waals surface area contributed by atoms with Crippen LogP contribution in [0, 0.1) is 0 Å². The van der Waals surface area contributed by atoms with Crippen molar-refractivity contribution in [2.45, 2.75) is 26.4 Å². The number of halogens is 1. The molecule has 2 N–H and O–H groups in total. The average molecular weight is 300 g/mol. The van der Waals surface area contributed by atoms with Gasteiger partial charge >= 0.3 is 6.09 Å². The Kier molecular flexibility index (Phi) is 5.76. The summed E-state index contributed by atoms with van der Waals surface area (Å²) in [5, 5.41) is 5.40. The van der Waals surface area contributed by atoms with E-state index in [0.29, 0.717) is 0 Å². The zero-order chi connectivity index (χ0) is 15.2. The molecular weight excluding hydrogens is 282 g/mol. The van der Waals surface area contributed by atoms with Gasteiger partial charge in [-0.15, -0.1) is 0 Å². The van der Waals surface area contributed by atoms with Crippen molar-refractivity contribution in [1.82, 2.24) is 15.6 Å². The summed E-state index contributed by atoms with van der Waals surface area (Å²) in [7, 11) is 0. The Balaban J connectivity index is 2.28. The topological polar surface area (TPSA) is 80.3 Å². The van der Waals surface area contributed by atoms with Crippen molar-refractivity contribution in [3.05, 3.63) is 29.0 Å². The lowest BCUT2D eigenvalue weighted by molar-refractivity contribution is 0.0526. The minimum atomic E-state index is -0.544. The fourth-order valence-electron chi connectivity index (χ4n) is 1.28. The molecule has 1 aromatic heterocycles. The predicted molar refractivity (Wildman–Crippen MR) is 75.8 cm³/mol. The van der Waals surface area contributed by atoms with Crippen LogP contribution in [0.2, 0.25) is 5.15 Å². The minimum absolute atomic E-state index is 0.231. The van der Waals surface area contributed by atoms with Crippen LogP contribution in [0.15, 0.2) is 18.2 Å². The average Bonchev–Trinajstić information content (AvgIpc) is 2.32. The molecule has 0 atom stereocenters. The number of rotatable bonds is 4. The van der Waals surface area contributed by atoms with E-state index in [0.717, 1.165) is 0 Å². The lowest BCUT2D eigenvalue weighted by atomic mass is 10.2. The van der Waals surface area contributed by atoms with Gasteiger partial charge in [0.05, 0.1) is 0 Å². The molecule has 1 heterocycles. The van der Waals surface area contributed by atoms with E-state index in [1.807, 2.05) is 0 Å². The molecule has 0 spiro atoms. The molecule has 0 radical (unpaired) electrons. The number of hydrogen-bond donors (Lipinski definition) is 2. The van der Waals surface area contributed by atoms with E-state index in [1.54, 1.807) is 39.0 Å². The van der Waals surface area contributed by atoms with E-state index >= 15 is 0 Å². The van der Waals surface area contributed by atoms with Gasteiger partial charge in [0.15, 0.2) is 0 Å². The Morgan fingerprint density at radius 3 is 2.50 bits per heavy atom. The number of aromatic nitrogens is 1. The van der Waals surface area contributed by atoms with Gasteiger partial charge < -0.3 is 15.4 Å². The number of nitrogens with one attached hydrogen (secondary N) is 2. The molecule has 20 heavy (non-hydrogen) atoms. The fourth-order valence-corrected chi connectivity index (χ4v) is 1.44. The van der Waals surface area contributed by atoms with Crippen LogP contribution < -0.4 is 10.6 Å². The second-order valence-corrected chi connectivity index (χ2v) is 5.42.